The van der Waals surface area contributed by atoms with Crippen LogP contribution < -0.4 is 0 Å². The molecule has 1 saturated heterocycles. The van der Waals surface area contributed by atoms with E-state index < -0.39 is 11.0 Å². The van der Waals surface area contributed by atoms with Gasteiger partial charge in [0.15, 0.2) is 0 Å². The summed E-state index contributed by atoms with van der Waals surface area (Å²) in [6.45, 7) is 3.43. The standard InChI is InChI=1S/C13H16N4O2/c1-15-5-7-16(8-6-15)13(10-14)11-3-2-4-12(9-11)17(18)19/h2-4,9,13H,5-8H2,1H3. The quantitative estimate of drug-likeness (QED) is 0.606. The number of nitro benzene ring substituents is 1. The molecule has 19 heavy (non-hydrogen) atoms. The van der Waals surface area contributed by atoms with Crippen molar-refractivity contribution in [1.29, 1.82) is 5.26 Å². The maximum atomic E-state index is 10.8. The van der Waals surface area contributed by atoms with Crippen LogP contribution in [0.25, 0.3) is 0 Å². The average molecular weight is 260 g/mol. The molecule has 0 amide bonds. The van der Waals surface area contributed by atoms with Crippen LogP contribution in [0.1, 0.15) is 11.6 Å². The fourth-order valence-corrected chi connectivity index (χ4v) is 2.26. The van der Waals surface area contributed by atoms with Gasteiger partial charge in [0, 0.05) is 38.3 Å². The van der Waals surface area contributed by atoms with Crippen molar-refractivity contribution in [1.82, 2.24) is 9.80 Å². The summed E-state index contributed by atoms with van der Waals surface area (Å²) in [5.74, 6) is 0. The number of hydrogen-bond donors (Lipinski definition) is 0. The van der Waals surface area contributed by atoms with Crippen LogP contribution in [0.15, 0.2) is 24.3 Å². The normalized spacial score (nSPS) is 18.7. The van der Waals surface area contributed by atoms with Gasteiger partial charge in [-0.15, -0.1) is 0 Å². The lowest BCUT2D eigenvalue weighted by molar-refractivity contribution is -0.384. The zero-order valence-electron chi connectivity index (χ0n) is 10.8. The highest BCUT2D eigenvalue weighted by atomic mass is 16.6. The van der Waals surface area contributed by atoms with Gasteiger partial charge in [-0.25, -0.2) is 0 Å². The highest BCUT2D eigenvalue weighted by molar-refractivity contribution is 5.37. The first-order valence-electron chi connectivity index (χ1n) is 6.18. The van der Waals surface area contributed by atoms with Crippen LogP contribution in [0.4, 0.5) is 5.69 Å². The molecule has 1 aromatic carbocycles. The summed E-state index contributed by atoms with van der Waals surface area (Å²) >= 11 is 0. The second kappa shape index (κ2) is 5.78. The Morgan fingerprint density at radius 2 is 2.05 bits per heavy atom. The van der Waals surface area contributed by atoms with Crippen LogP contribution in [0, 0.1) is 21.4 Å². The molecule has 6 nitrogen and oxygen atoms in total. The lowest BCUT2D eigenvalue weighted by Gasteiger charge is -2.35. The first-order chi connectivity index (χ1) is 9.11. The smallest absolute Gasteiger partial charge is 0.269 e. The molecule has 1 atom stereocenters. The van der Waals surface area contributed by atoms with E-state index in [-0.39, 0.29) is 5.69 Å². The maximum absolute atomic E-state index is 10.8. The predicted octanol–water partition coefficient (Wildman–Crippen LogP) is 1.41. The molecule has 0 saturated carbocycles. The average Bonchev–Trinajstić information content (AvgIpc) is 2.42. The third-order valence-corrected chi connectivity index (χ3v) is 3.42. The van der Waals surface area contributed by atoms with Gasteiger partial charge in [-0.2, -0.15) is 5.26 Å². The molecule has 0 spiro atoms. The topological polar surface area (TPSA) is 73.4 Å². The summed E-state index contributed by atoms with van der Waals surface area (Å²) in [6, 6.07) is 8.19. The molecule has 1 heterocycles. The number of benzene rings is 1. The number of non-ortho nitro benzene ring substituents is 1. The summed E-state index contributed by atoms with van der Waals surface area (Å²) < 4.78 is 0. The van der Waals surface area contributed by atoms with E-state index in [1.54, 1.807) is 12.1 Å². The second-order valence-electron chi connectivity index (χ2n) is 4.72. The first kappa shape index (κ1) is 13.5. The van der Waals surface area contributed by atoms with Gasteiger partial charge < -0.3 is 4.90 Å². The van der Waals surface area contributed by atoms with Crippen LogP contribution in [0.5, 0.6) is 0 Å². The van der Waals surface area contributed by atoms with E-state index in [1.165, 1.54) is 12.1 Å². The summed E-state index contributed by atoms with van der Waals surface area (Å²) in [6.07, 6.45) is 0. The van der Waals surface area contributed by atoms with Crippen LogP contribution in [-0.2, 0) is 0 Å². The van der Waals surface area contributed by atoms with E-state index in [4.69, 9.17) is 0 Å². The Balaban J connectivity index is 2.20. The van der Waals surface area contributed by atoms with E-state index in [1.807, 2.05) is 7.05 Å². The van der Waals surface area contributed by atoms with E-state index in [0.29, 0.717) is 5.56 Å². The molecule has 1 aliphatic heterocycles. The van der Waals surface area contributed by atoms with Gasteiger partial charge in [-0.3, -0.25) is 15.0 Å². The van der Waals surface area contributed by atoms with Crippen molar-refractivity contribution in [2.24, 2.45) is 0 Å². The summed E-state index contributed by atoms with van der Waals surface area (Å²) in [5.41, 5.74) is 0.730. The van der Waals surface area contributed by atoms with Crippen molar-refractivity contribution in [3.05, 3.63) is 39.9 Å². The van der Waals surface area contributed by atoms with Crippen LogP contribution in [0.3, 0.4) is 0 Å². The third-order valence-electron chi connectivity index (χ3n) is 3.42. The van der Waals surface area contributed by atoms with Gasteiger partial charge in [0.1, 0.15) is 6.04 Å². The molecule has 0 aromatic heterocycles. The number of piperazine rings is 1. The minimum Gasteiger partial charge on any atom is -0.304 e. The minimum atomic E-state index is -0.429. The number of nitriles is 1. The highest BCUT2D eigenvalue weighted by Crippen LogP contribution is 2.24. The highest BCUT2D eigenvalue weighted by Gasteiger charge is 2.24. The third kappa shape index (κ3) is 3.08. The number of hydrogen-bond acceptors (Lipinski definition) is 5. The van der Waals surface area contributed by atoms with Crippen LogP contribution in [-0.4, -0.2) is 47.9 Å². The molecule has 1 aliphatic rings. The second-order valence-corrected chi connectivity index (χ2v) is 4.72. The lowest BCUT2D eigenvalue weighted by Crippen LogP contribution is -2.45. The maximum Gasteiger partial charge on any atom is 0.269 e. The molecule has 100 valence electrons. The van der Waals surface area contributed by atoms with Crippen LogP contribution in [0.2, 0.25) is 0 Å². The van der Waals surface area contributed by atoms with Gasteiger partial charge in [0.05, 0.1) is 11.0 Å². The molecular weight excluding hydrogens is 244 g/mol. The Labute approximate surface area is 112 Å². The Bertz CT molecular complexity index is 504. The zero-order valence-corrected chi connectivity index (χ0v) is 10.8. The summed E-state index contributed by atoms with van der Waals surface area (Å²) in [7, 11) is 2.05. The molecule has 0 N–H and O–H groups in total. The monoisotopic (exact) mass is 260 g/mol. The zero-order chi connectivity index (χ0) is 13.8. The largest absolute Gasteiger partial charge is 0.304 e. The predicted molar refractivity (Wildman–Crippen MR) is 70.5 cm³/mol. The van der Waals surface area contributed by atoms with Crippen molar-refractivity contribution in [3.8, 4) is 6.07 Å². The molecule has 1 unspecified atom stereocenters. The SMILES string of the molecule is CN1CCN(C(C#N)c2cccc([N+](=O)[O-])c2)CC1. The molecule has 1 fully saturated rings. The van der Waals surface area contributed by atoms with Crippen molar-refractivity contribution in [2.75, 3.05) is 33.2 Å². The van der Waals surface area contributed by atoms with E-state index in [0.717, 1.165) is 26.2 Å². The lowest BCUT2D eigenvalue weighted by atomic mass is 10.0. The van der Waals surface area contributed by atoms with Gasteiger partial charge in [-0.05, 0) is 12.6 Å². The molecule has 1 aromatic rings. The Hall–Kier alpha value is -1.97. The van der Waals surface area contributed by atoms with Crippen molar-refractivity contribution >= 4 is 5.69 Å². The van der Waals surface area contributed by atoms with Gasteiger partial charge in [-0.1, -0.05) is 12.1 Å². The molecule has 0 radical (unpaired) electrons. The number of likely N-dealkylation sites (N-methyl/N-ethyl adjacent to an activating group) is 1. The van der Waals surface area contributed by atoms with Crippen LogP contribution >= 0.6 is 0 Å². The number of nitrogens with zero attached hydrogens (tertiary/aromatic N) is 4. The van der Waals surface area contributed by atoms with E-state index in [9.17, 15) is 15.4 Å². The van der Waals surface area contributed by atoms with E-state index in [2.05, 4.69) is 15.9 Å². The Morgan fingerprint density at radius 1 is 1.37 bits per heavy atom. The molecule has 0 aliphatic carbocycles. The van der Waals surface area contributed by atoms with Gasteiger partial charge >= 0.3 is 0 Å². The fourth-order valence-electron chi connectivity index (χ4n) is 2.26. The molecule has 6 heteroatoms. The van der Waals surface area contributed by atoms with Crippen molar-refractivity contribution in [3.63, 3.8) is 0 Å². The minimum absolute atomic E-state index is 0.0341. The van der Waals surface area contributed by atoms with Gasteiger partial charge in [0.2, 0.25) is 0 Å². The molecule has 2 rings (SSSR count). The Kier molecular flexibility index (Phi) is 4.10. The molecule has 0 bridgehead atoms. The van der Waals surface area contributed by atoms with E-state index >= 15 is 0 Å². The first-order valence-corrected chi connectivity index (χ1v) is 6.18. The summed E-state index contributed by atoms with van der Waals surface area (Å²) in [4.78, 5) is 14.6. The number of rotatable bonds is 3. The number of nitro groups is 1. The fraction of sp³-hybridized carbons (Fsp3) is 0.462. The van der Waals surface area contributed by atoms with Crippen molar-refractivity contribution < 1.29 is 4.92 Å². The Morgan fingerprint density at radius 3 is 2.63 bits per heavy atom. The molecular formula is C13H16N4O2. The van der Waals surface area contributed by atoms with Gasteiger partial charge in [0.25, 0.3) is 5.69 Å². The van der Waals surface area contributed by atoms with Crippen molar-refractivity contribution in [2.45, 2.75) is 6.04 Å². The summed E-state index contributed by atoms with van der Waals surface area (Å²) in [5, 5.41) is 20.1.